The summed E-state index contributed by atoms with van der Waals surface area (Å²) in [6, 6.07) is 8.29. The molecule has 1 aromatic carbocycles. The molecule has 0 saturated carbocycles. The fraction of sp³-hybridized carbons (Fsp3) is 0.455. The first kappa shape index (κ1) is 10.6. The van der Waals surface area contributed by atoms with Crippen molar-refractivity contribution in [2.45, 2.75) is 25.3 Å². The summed E-state index contributed by atoms with van der Waals surface area (Å²) in [5.41, 5.74) is 2.62. The van der Waals surface area contributed by atoms with Crippen LogP contribution in [0.25, 0.3) is 0 Å². The van der Waals surface area contributed by atoms with Crippen LogP contribution in [-0.2, 0) is 22.9 Å². The Balaban J connectivity index is 2.12. The average Bonchev–Trinajstić information content (AvgIpc) is 2.15. The lowest BCUT2D eigenvalue weighted by atomic mass is 9.89. The topological polar surface area (TPSA) is 46.2 Å². The Morgan fingerprint density at radius 3 is 2.60 bits per heavy atom. The molecule has 0 heterocycles. The molecule has 0 radical (unpaired) electrons. The second kappa shape index (κ2) is 3.94. The van der Waals surface area contributed by atoms with E-state index in [1.807, 2.05) is 12.1 Å². The number of nitrogens with one attached hydrogen (secondary N) is 1. The molecule has 0 aliphatic heterocycles. The van der Waals surface area contributed by atoms with Crippen LogP contribution in [-0.4, -0.2) is 20.7 Å². The SMILES string of the molecule is CS(=O)(=O)N[C@H]1CCc2ccccc2C1. The lowest BCUT2D eigenvalue weighted by Gasteiger charge is -2.24. The number of aryl methyl sites for hydroxylation is 1. The zero-order valence-electron chi connectivity index (χ0n) is 8.73. The smallest absolute Gasteiger partial charge is 0.208 e. The molecule has 0 spiro atoms. The largest absolute Gasteiger partial charge is 0.213 e. The van der Waals surface area contributed by atoms with Gasteiger partial charge in [-0.05, 0) is 30.4 Å². The molecule has 0 bridgehead atoms. The average molecular weight is 225 g/mol. The molecule has 0 unspecified atom stereocenters. The van der Waals surface area contributed by atoms with E-state index in [0.717, 1.165) is 19.3 Å². The maximum absolute atomic E-state index is 11.1. The summed E-state index contributed by atoms with van der Waals surface area (Å²) in [6.07, 6.45) is 3.88. The van der Waals surface area contributed by atoms with E-state index >= 15 is 0 Å². The molecule has 0 fully saturated rings. The van der Waals surface area contributed by atoms with Crippen LogP contribution in [0.3, 0.4) is 0 Å². The first-order chi connectivity index (χ1) is 7.04. The lowest BCUT2D eigenvalue weighted by molar-refractivity contribution is 0.511. The van der Waals surface area contributed by atoms with Gasteiger partial charge in [-0.3, -0.25) is 0 Å². The quantitative estimate of drug-likeness (QED) is 0.819. The van der Waals surface area contributed by atoms with Gasteiger partial charge in [-0.25, -0.2) is 13.1 Å². The van der Waals surface area contributed by atoms with Gasteiger partial charge in [0.2, 0.25) is 10.0 Å². The van der Waals surface area contributed by atoms with Gasteiger partial charge in [0.25, 0.3) is 0 Å². The van der Waals surface area contributed by atoms with Crippen LogP contribution in [0.15, 0.2) is 24.3 Å². The maximum atomic E-state index is 11.1. The van der Waals surface area contributed by atoms with E-state index in [1.165, 1.54) is 17.4 Å². The highest BCUT2D eigenvalue weighted by molar-refractivity contribution is 7.88. The molecule has 1 aromatic rings. The zero-order chi connectivity index (χ0) is 10.9. The van der Waals surface area contributed by atoms with Gasteiger partial charge in [0.05, 0.1) is 6.26 Å². The standard InChI is InChI=1S/C11H15NO2S/c1-15(13,14)12-11-7-6-9-4-2-3-5-10(9)8-11/h2-5,11-12H,6-8H2,1H3/t11-/m0/s1. The summed E-state index contributed by atoms with van der Waals surface area (Å²) >= 11 is 0. The second-order valence-electron chi connectivity index (χ2n) is 4.10. The van der Waals surface area contributed by atoms with Crippen molar-refractivity contribution in [1.82, 2.24) is 4.72 Å². The Morgan fingerprint density at radius 1 is 1.27 bits per heavy atom. The predicted octanol–water partition coefficient (Wildman–Crippen LogP) is 1.09. The van der Waals surface area contributed by atoms with Crippen molar-refractivity contribution >= 4 is 10.0 Å². The number of sulfonamides is 1. The molecule has 1 N–H and O–H groups in total. The molecule has 15 heavy (non-hydrogen) atoms. The van der Waals surface area contributed by atoms with E-state index in [9.17, 15) is 8.42 Å². The summed E-state index contributed by atoms with van der Waals surface area (Å²) < 4.78 is 24.9. The van der Waals surface area contributed by atoms with Crippen molar-refractivity contribution in [3.05, 3.63) is 35.4 Å². The summed E-state index contributed by atoms with van der Waals surface area (Å²) in [5.74, 6) is 0. The molecule has 0 aromatic heterocycles. The molecule has 3 nitrogen and oxygen atoms in total. The van der Waals surface area contributed by atoms with Gasteiger partial charge in [-0.1, -0.05) is 24.3 Å². The first-order valence-electron chi connectivity index (χ1n) is 5.09. The monoisotopic (exact) mass is 225 g/mol. The van der Waals surface area contributed by atoms with Crippen LogP contribution in [0.4, 0.5) is 0 Å². The lowest BCUT2D eigenvalue weighted by Crippen LogP contribution is -2.38. The van der Waals surface area contributed by atoms with Crippen LogP contribution in [0.5, 0.6) is 0 Å². The highest BCUT2D eigenvalue weighted by Gasteiger charge is 2.20. The van der Waals surface area contributed by atoms with Crippen molar-refractivity contribution in [2.24, 2.45) is 0 Å². The van der Waals surface area contributed by atoms with Gasteiger partial charge >= 0.3 is 0 Å². The number of hydrogen-bond donors (Lipinski definition) is 1. The second-order valence-corrected chi connectivity index (χ2v) is 5.88. The summed E-state index contributed by atoms with van der Waals surface area (Å²) in [4.78, 5) is 0. The minimum Gasteiger partial charge on any atom is -0.213 e. The predicted molar refractivity (Wildman–Crippen MR) is 60.2 cm³/mol. The molecule has 1 atom stereocenters. The van der Waals surface area contributed by atoms with Crippen molar-refractivity contribution in [2.75, 3.05) is 6.26 Å². The Bertz CT molecular complexity index is 453. The number of rotatable bonds is 2. The Kier molecular flexibility index (Phi) is 2.80. The summed E-state index contributed by atoms with van der Waals surface area (Å²) in [6.45, 7) is 0. The van der Waals surface area contributed by atoms with Crippen molar-refractivity contribution in [3.63, 3.8) is 0 Å². The summed E-state index contributed by atoms with van der Waals surface area (Å²) in [7, 11) is -3.08. The Labute approximate surface area is 90.6 Å². The van der Waals surface area contributed by atoms with Crippen LogP contribution >= 0.6 is 0 Å². The molecule has 82 valence electrons. The molecular formula is C11H15NO2S. The van der Waals surface area contributed by atoms with E-state index < -0.39 is 10.0 Å². The van der Waals surface area contributed by atoms with Crippen LogP contribution < -0.4 is 4.72 Å². The molecular weight excluding hydrogens is 210 g/mol. The molecule has 1 aliphatic rings. The van der Waals surface area contributed by atoms with Crippen LogP contribution in [0, 0.1) is 0 Å². The van der Waals surface area contributed by atoms with Gasteiger partial charge in [0.1, 0.15) is 0 Å². The fourth-order valence-corrected chi connectivity index (χ4v) is 2.91. The number of benzene rings is 1. The third-order valence-corrected chi connectivity index (χ3v) is 3.49. The Hall–Kier alpha value is -0.870. The van der Waals surface area contributed by atoms with E-state index in [2.05, 4.69) is 16.9 Å². The third kappa shape index (κ3) is 2.79. The number of hydrogen-bond acceptors (Lipinski definition) is 2. The summed E-state index contributed by atoms with van der Waals surface area (Å²) in [5, 5.41) is 0. The van der Waals surface area contributed by atoms with Gasteiger partial charge < -0.3 is 0 Å². The minimum absolute atomic E-state index is 0.0647. The number of fused-ring (bicyclic) bond motifs is 1. The van der Waals surface area contributed by atoms with Crippen molar-refractivity contribution in [1.29, 1.82) is 0 Å². The van der Waals surface area contributed by atoms with Gasteiger partial charge in [0, 0.05) is 6.04 Å². The maximum Gasteiger partial charge on any atom is 0.208 e. The molecule has 0 saturated heterocycles. The minimum atomic E-state index is -3.08. The highest BCUT2D eigenvalue weighted by atomic mass is 32.2. The first-order valence-corrected chi connectivity index (χ1v) is 6.98. The fourth-order valence-electron chi connectivity index (χ4n) is 2.10. The highest BCUT2D eigenvalue weighted by Crippen LogP contribution is 2.21. The normalized spacial score (nSPS) is 21.0. The Morgan fingerprint density at radius 2 is 1.93 bits per heavy atom. The zero-order valence-corrected chi connectivity index (χ0v) is 9.55. The molecule has 4 heteroatoms. The van der Waals surface area contributed by atoms with E-state index in [1.54, 1.807) is 0 Å². The molecule has 1 aliphatic carbocycles. The van der Waals surface area contributed by atoms with Gasteiger partial charge in [0.15, 0.2) is 0 Å². The van der Waals surface area contributed by atoms with Gasteiger partial charge in [-0.2, -0.15) is 0 Å². The third-order valence-electron chi connectivity index (χ3n) is 2.73. The van der Waals surface area contributed by atoms with Crippen LogP contribution in [0.2, 0.25) is 0 Å². The van der Waals surface area contributed by atoms with E-state index in [-0.39, 0.29) is 6.04 Å². The molecule has 0 amide bonds. The van der Waals surface area contributed by atoms with E-state index in [4.69, 9.17) is 0 Å². The van der Waals surface area contributed by atoms with Crippen molar-refractivity contribution in [3.8, 4) is 0 Å². The molecule has 2 rings (SSSR count). The van der Waals surface area contributed by atoms with Crippen LogP contribution in [0.1, 0.15) is 17.5 Å². The van der Waals surface area contributed by atoms with Gasteiger partial charge in [-0.15, -0.1) is 0 Å². The van der Waals surface area contributed by atoms with E-state index in [0.29, 0.717) is 0 Å². The van der Waals surface area contributed by atoms with Crippen molar-refractivity contribution < 1.29 is 8.42 Å².